The van der Waals surface area contributed by atoms with E-state index in [-0.39, 0.29) is 35.6 Å². The standard InChI is InChI=1S/C14H24N2O3.ClH/c1-4-13(2,12(18)19-3)16-11(17)10-9-14(10)5-7-15-8-6-14;/h10,15H,4-9H2,1-3H3,(H,16,17);1H. The van der Waals surface area contributed by atoms with Crippen molar-refractivity contribution in [1.29, 1.82) is 0 Å². The minimum atomic E-state index is -0.900. The first-order valence-electron chi connectivity index (χ1n) is 7.08. The van der Waals surface area contributed by atoms with Crippen LogP contribution in [-0.4, -0.2) is 37.6 Å². The Kier molecular flexibility index (Phi) is 5.44. The summed E-state index contributed by atoms with van der Waals surface area (Å²) < 4.78 is 4.78. The maximum Gasteiger partial charge on any atom is 0.331 e. The van der Waals surface area contributed by atoms with Crippen LogP contribution in [0.2, 0.25) is 0 Å². The zero-order valence-corrected chi connectivity index (χ0v) is 13.3. The number of amides is 1. The maximum absolute atomic E-state index is 12.3. The number of methoxy groups -OCH3 is 1. The molecule has 0 radical (unpaired) electrons. The maximum atomic E-state index is 12.3. The lowest BCUT2D eigenvalue weighted by molar-refractivity contribution is -0.150. The minimum absolute atomic E-state index is 0. The Morgan fingerprint density at radius 1 is 1.40 bits per heavy atom. The number of hydrogen-bond donors (Lipinski definition) is 2. The average Bonchev–Trinajstić information content (AvgIpc) is 3.12. The third-order valence-electron chi connectivity index (χ3n) is 4.85. The van der Waals surface area contributed by atoms with E-state index < -0.39 is 5.54 Å². The fourth-order valence-corrected chi connectivity index (χ4v) is 3.06. The van der Waals surface area contributed by atoms with Crippen LogP contribution in [0.1, 0.15) is 39.5 Å². The van der Waals surface area contributed by atoms with Gasteiger partial charge in [-0.15, -0.1) is 12.4 Å². The van der Waals surface area contributed by atoms with Gasteiger partial charge in [-0.3, -0.25) is 4.79 Å². The second-order valence-corrected chi connectivity index (χ2v) is 6.04. The van der Waals surface area contributed by atoms with Crippen molar-refractivity contribution in [3.05, 3.63) is 0 Å². The average molecular weight is 305 g/mol. The monoisotopic (exact) mass is 304 g/mol. The van der Waals surface area contributed by atoms with Crippen LogP contribution in [0.25, 0.3) is 0 Å². The summed E-state index contributed by atoms with van der Waals surface area (Å²) >= 11 is 0. The number of rotatable bonds is 4. The fraction of sp³-hybridized carbons (Fsp3) is 0.857. The number of ether oxygens (including phenoxy) is 1. The Bertz CT molecular complexity index is 383. The van der Waals surface area contributed by atoms with Crippen molar-refractivity contribution in [2.45, 2.75) is 45.1 Å². The molecular weight excluding hydrogens is 280 g/mol. The third-order valence-corrected chi connectivity index (χ3v) is 4.85. The lowest BCUT2D eigenvalue weighted by Crippen LogP contribution is -2.53. The second kappa shape index (κ2) is 6.31. The van der Waals surface area contributed by atoms with Gasteiger partial charge >= 0.3 is 5.97 Å². The highest BCUT2D eigenvalue weighted by molar-refractivity contribution is 5.90. The van der Waals surface area contributed by atoms with Crippen molar-refractivity contribution < 1.29 is 14.3 Å². The Labute approximate surface area is 126 Å². The molecule has 2 N–H and O–H groups in total. The molecule has 5 nitrogen and oxygen atoms in total. The molecule has 2 rings (SSSR count). The molecule has 0 bridgehead atoms. The lowest BCUT2D eigenvalue weighted by atomic mass is 9.91. The first-order valence-corrected chi connectivity index (χ1v) is 7.08. The number of hydrogen-bond acceptors (Lipinski definition) is 4. The molecule has 1 amide bonds. The van der Waals surface area contributed by atoms with E-state index in [1.807, 2.05) is 6.92 Å². The molecule has 2 unspecified atom stereocenters. The van der Waals surface area contributed by atoms with E-state index >= 15 is 0 Å². The fourth-order valence-electron chi connectivity index (χ4n) is 3.06. The van der Waals surface area contributed by atoms with Crippen molar-refractivity contribution in [2.24, 2.45) is 11.3 Å². The van der Waals surface area contributed by atoms with Crippen LogP contribution in [-0.2, 0) is 14.3 Å². The van der Waals surface area contributed by atoms with Gasteiger partial charge in [0.05, 0.1) is 7.11 Å². The molecule has 20 heavy (non-hydrogen) atoms. The smallest absolute Gasteiger partial charge is 0.331 e. The summed E-state index contributed by atoms with van der Waals surface area (Å²) in [6.07, 6.45) is 3.62. The molecular formula is C14H25ClN2O3. The molecule has 1 saturated heterocycles. The van der Waals surface area contributed by atoms with Crippen molar-refractivity contribution in [3.63, 3.8) is 0 Å². The number of nitrogens with one attached hydrogen (secondary N) is 2. The molecule has 2 atom stereocenters. The van der Waals surface area contributed by atoms with E-state index in [1.54, 1.807) is 6.92 Å². The molecule has 116 valence electrons. The summed E-state index contributed by atoms with van der Waals surface area (Å²) in [5.41, 5.74) is -0.706. The SMILES string of the molecule is CCC(C)(NC(=O)C1CC12CCNCC2)C(=O)OC.Cl. The Morgan fingerprint density at radius 2 is 2.00 bits per heavy atom. The molecule has 0 aromatic heterocycles. The summed E-state index contributed by atoms with van der Waals surface area (Å²) in [7, 11) is 1.35. The van der Waals surface area contributed by atoms with E-state index in [0.29, 0.717) is 6.42 Å². The Balaban J connectivity index is 0.00000200. The zero-order valence-electron chi connectivity index (χ0n) is 12.5. The molecule has 2 fully saturated rings. The van der Waals surface area contributed by atoms with Crippen LogP contribution in [0.5, 0.6) is 0 Å². The Morgan fingerprint density at radius 3 is 2.50 bits per heavy atom. The highest BCUT2D eigenvalue weighted by atomic mass is 35.5. The van der Waals surface area contributed by atoms with Gasteiger partial charge in [0.25, 0.3) is 0 Å². The van der Waals surface area contributed by atoms with Gasteiger partial charge in [0, 0.05) is 5.92 Å². The quantitative estimate of drug-likeness (QED) is 0.767. The van der Waals surface area contributed by atoms with Crippen LogP contribution in [0.15, 0.2) is 0 Å². The molecule has 1 aliphatic carbocycles. The van der Waals surface area contributed by atoms with E-state index in [0.717, 1.165) is 32.4 Å². The van der Waals surface area contributed by atoms with Crippen molar-refractivity contribution in [2.75, 3.05) is 20.2 Å². The van der Waals surface area contributed by atoms with E-state index in [9.17, 15) is 9.59 Å². The largest absolute Gasteiger partial charge is 0.467 e. The highest BCUT2D eigenvalue weighted by Gasteiger charge is 2.58. The van der Waals surface area contributed by atoms with Crippen LogP contribution in [0, 0.1) is 11.3 Å². The number of carbonyl (C=O) groups is 2. The van der Waals surface area contributed by atoms with Crippen LogP contribution < -0.4 is 10.6 Å². The predicted molar refractivity (Wildman–Crippen MR) is 78.7 cm³/mol. The van der Waals surface area contributed by atoms with E-state index in [1.165, 1.54) is 7.11 Å². The van der Waals surface area contributed by atoms with Gasteiger partial charge in [0.2, 0.25) is 5.91 Å². The lowest BCUT2D eigenvalue weighted by Gasteiger charge is -2.28. The van der Waals surface area contributed by atoms with Crippen molar-refractivity contribution in [1.82, 2.24) is 10.6 Å². The predicted octanol–water partition coefficient (Wildman–Crippen LogP) is 1.26. The number of esters is 1. The Hall–Kier alpha value is -0.810. The zero-order chi connectivity index (χ0) is 14.1. The van der Waals surface area contributed by atoms with Gasteiger partial charge < -0.3 is 15.4 Å². The third kappa shape index (κ3) is 3.09. The van der Waals surface area contributed by atoms with Gasteiger partial charge in [0.15, 0.2) is 0 Å². The summed E-state index contributed by atoms with van der Waals surface area (Å²) in [5.74, 6) is -0.287. The summed E-state index contributed by atoms with van der Waals surface area (Å²) in [5, 5.41) is 6.21. The van der Waals surface area contributed by atoms with Crippen LogP contribution >= 0.6 is 12.4 Å². The van der Waals surface area contributed by atoms with Crippen LogP contribution in [0.4, 0.5) is 0 Å². The number of carbonyl (C=O) groups excluding carboxylic acids is 2. The molecule has 1 spiro atoms. The van der Waals surface area contributed by atoms with Gasteiger partial charge in [0.1, 0.15) is 5.54 Å². The highest BCUT2D eigenvalue weighted by Crippen LogP contribution is 2.58. The van der Waals surface area contributed by atoms with Crippen molar-refractivity contribution in [3.8, 4) is 0 Å². The molecule has 0 aromatic rings. The molecule has 1 saturated carbocycles. The van der Waals surface area contributed by atoms with Gasteiger partial charge in [-0.05, 0) is 51.1 Å². The molecule has 6 heteroatoms. The second-order valence-electron chi connectivity index (χ2n) is 6.04. The van der Waals surface area contributed by atoms with E-state index in [2.05, 4.69) is 10.6 Å². The first-order chi connectivity index (χ1) is 8.97. The van der Waals surface area contributed by atoms with Crippen LogP contribution in [0.3, 0.4) is 0 Å². The summed E-state index contributed by atoms with van der Waals surface area (Å²) in [6, 6.07) is 0. The summed E-state index contributed by atoms with van der Waals surface area (Å²) in [6.45, 7) is 5.59. The molecule has 0 aromatic carbocycles. The van der Waals surface area contributed by atoms with Gasteiger partial charge in [-0.25, -0.2) is 4.79 Å². The van der Waals surface area contributed by atoms with Crippen molar-refractivity contribution >= 4 is 24.3 Å². The normalized spacial score (nSPS) is 26.1. The molecule has 1 aliphatic heterocycles. The number of piperidine rings is 1. The molecule has 2 aliphatic rings. The minimum Gasteiger partial charge on any atom is -0.467 e. The molecule has 1 heterocycles. The topological polar surface area (TPSA) is 67.4 Å². The van der Waals surface area contributed by atoms with Gasteiger partial charge in [-0.2, -0.15) is 0 Å². The number of halogens is 1. The first kappa shape index (κ1) is 17.2. The van der Waals surface area contributed by atoms with Gasteiger partial charge in [-0.1, -0.05) is 6.92 Å². The summed E-state index contributed by atoms with van der Waals surface area (Å²) in [4.78, 5) is 24.1. The van der Waals surface area contributed by atoms with E-state index in [4.69, 9.17) is 4.74 Å².